The second kappa shape index (κ2) is 5.33. The van der Waals surface area contributed by atoms with Crippen molar-refractivity contribution < 1.29 is 4.39 Å². The Kier molecular flexibility index (Phi) is 3.95. The maximum absolute atomic E-state index is 13.4. The number of hydrogen-bond acceptors (Lipinski definition) is 2. The summed E-state index contributed by atoms with van der Waals surface area (Å²) in [5.41, 5.74) is 1.73. The van der Waals surface area contributed by atoms with Crippen LogP contribution in [0.25, 0.3) is 0 Å². The van der Waals surface area contributed by atoms with Gasteiger partial charge in [-0.25, -0.2) is 4.39 Å². The summed E-state index contributed by atoms with van der Waals surface area (Å²) in [4.78, 5) is 2.65. The molecular formula is C16H20FNS. The Balaban J connectivity index is 2.07. The lowest BCUT2D eigenvalue weighted by molar-refractivity contribution is 0.604. The van der Waals surface area contributed by atoms with Crippen molar-refractivity contribution in [2.45, 2.75) is 39.7 Å². The highest BCUT2D eigenvalue weighted by Crippen LogP contribution is 2.30. The van der Waals surface area contributed by atoms with E-state index >= 15 is 0 Å². The van der Waals surface area contributed by atoms with Gasteiger partial charge in [-0.1, -0.05) is 26.8 Å². The topological polar surface area (TPSA) is 12.0 Å². The number of hydrogen-bond donors (Lipinski definition) is 1. The van der Waals surface area contributed by atoms with Crippen molar-refractivity contribution in [2.75, 3.05) is 5.32 Å². The molecule has 0 radical (unpaired) electrons. The Morgan fingerprint density at radius 3 is 2.53 bits per heavy atom. The van der Waals surface area contributed by atoms with Gasteiger partial charge in [0.05, 0.1) is 0 Å². The molecular weight excluding hydrogens is 257 g/mol. The third kappa shape index (κ3) is 3.35. The van der Waals surface area contributed by atoms with E-state index in [4.69, 9.17) is 0 Å². The van der Waals surface area contributed by atoms with Gasteiger partial charge in [-0.3, -0.25) is 0 Å². The quantitative estimate of drug-likeness (QED) is 0.822. The largest absolute Gasteiger partial charge is 0.380 e. The van der Waals surface area contributed by atoms with Crippen molar-refractivity contribution in [3.05, 3.63) is 51.5 Å². The number of anilines is 1. The molecule has 0 atom stereocenters. The molecule has 2 rings (SSSR count). The predicted octanol–water partition coefficient (Wildman–Crippen LogP) is 5.11. The highest BCUT2D eigenvalue weighted by molar-refractivity contribution is 7.12. The summed E-state index contributed by atoms with van der Waals surface area (Å²) in [5, 5.41) is 3.31. The average Bonchev–Trinajstić information content (AvgIpc) is 2.79. The molecule has 0 amide bonds. The summed E-state index contributed by atoms with van der Waals surface area (Å²) in [5.74, 6) is -0.161. The van der Waals surface area contributed by atoms with Crippen molar-refractivity contribution in [1.82, 2.24) is 0 Å². The molecule has 1 aromatic carbocycles. The van der Waals surface area contributed by atoms with Crippen LogP contribution in [-0.2, 0) is 12.0 Å². The van der Waals surface area contributed by atoms with Crippen LogP contribution in [0.15, 0.2) is 30.3 Å². The molecule has 1 nitrogen and oxygen atoms in total. The summed E-state index contributed by atoms with van der Waals surface area (Å²) in [7, 11) is 0. The van der Waals surface area contributed by atoms with E-state index < -0.39 is 0 Å². The first kappa shape index (κ1) is 14.1. The molecule has 0 spiro atoms. The number of nitrogens with one attached hydrogen (secondary N) is 1. The van der Waals surface area contributed by atoms with E-state index in [0.29, 0.717) is 5.56 Å². The van der Waals surface area contributed by atoms with Crippen molar-refractivity contribution in [1.29, 1.82) is 0 Å². The zero-order valence-corrected chi connectivity index (χ0v) is 12.7. The van der Waals surface area contributed by atoms with Gasteiger partial charge in [-0.2, -0.15) is 0 Å². The van der Waals surface area contributed by atoms with Gasteiger partial charge in [-0.05, 0) is 36.6 Å². The Bertz CT molecular complexity index is 566. The van der Waals surface area contributed by atoms with Crippen molar-refractivity contribution in [3.63, 3.8) is 0 Å². The Hall–Kier alpha value is -1.35. The zero-order chi connectivity index (χ0) is 14.0. The van der Waals surface area contributed by atoms with E-state index in [9.17, 15) is 4.39 Å². The fourth-order valence-corrected chi connectivity index (χ4v) is 2.86. The van der Waals surface area contributed by atoms with E-state index in [1.165, 1.54) is 15.8 Å². The lowest BCUT2D eigenvalue weighted by atomic mass is 9.95. The molecule has 1 aromatic heterocycles. The predicted molar refractivity (Wildman–Crippen MR) is 81.5 cm³/mol. The van der Waals surface area contributed by atoms with Gasteiger partial charge in [0, 0.05) is 27.5 Å². The minimum atomic E-state index is -0.161. The summed E-state index contributed by atoms with van der Waals surface area (Å²) in [6, 6.07) is 9.46. The number of rotatable bonds is 3. The zero-order valence-electron chi connectivity index (χ0n) is 11.9. The Labute approximate surface area is 118 Å². The smallest absolute Gasteiger partial charge is 0.128 e. The van der Waals surface area contributed by atoms with E-state index in [-0.39, 0.29) is 11.2 Å². The number of benzene rings is 1. The van der Waals surface area contributed by atoms with Crippen LogP contribution < -0.4 is 5.32 Å². The molecule has 0 saturated heterocycles. The monoisotopic (exact) mass is 277 g/mol. The van der Waals surface area contributed by atoms with E-state index in [1.54, 1.807) is 13.0 Å². The van der Waals surface area contributed by atoms with E-state index in [0.717, 1.165) is 12.2 Å². The minimum Gasteiger partial charge on any atom is -0.380 e. The summed E-state index contributed by atoms with van der Waals surface area (Å²) in [6.07, 6.45) is 0. The molecule has 0 bridgehead atoms. The molecule has 0 aliphatic heterocycles. The van der Waals surface area contributed by atoms with Gasteiger partial charge in [0.1, 0.15) is 5.82 Å². The Morgan fingerprint density at radius 1 is 1.16 bits per heavy atom. The van der Waals surface area contributed by atoms with E-state index in [1.807, 2.05) is 17.4 Å². The van der Waals surface area contributed by atoms with Crippen molar-refractivity contribution in [3.8, 4) is 0 Å². The van der Waals surface area contributed by atoms with E-state index in [2.05, 4.69) is 38.2 Å². The molecule has 102 valence electrons. The van der Waals surface area contributed by atoms with Gasteiger partial charge in [0.25, 0.3) is 0 Å². The maximum atomic E-state index is 13.4. The number of halogens is 1. The molecule has 1 N–H and O–H groups in total. The van der Waals surface area contributed by atoms with Gasteiger partial charge in [-0.15, -0.1) is 11.3 Å². The second-order valence-corrected chi connectivity index (χ2v) is 6.95. The van der Waals surface area contributed by atoms with Crippen LogP contribution in [0.1, 0.15) is 36.1 Å². The van der Waals surface area contributed by atoms with Crippen LogP contribution in [0.5, 0.6) is 0 Å². The molecule has 0 unspecified atom stereocenters. The van der Waals surface area contributed by atoms with Gasteiger partial charge in [0.15, 0.2) is 0 Å². The molecule has 0 saturated carbocycles. The fraction of sp³-hybridized carbons (Fsp3) is 0.375. The first-order valence-electron chi connectivity index (χ1n) is 6.46. The molecule has 0 aliphatic carbocycles. The molecule has 0 aliphatic rings. The summed E-state index contributed by atoms with van der Waals surface area (Å²) < 4.78 is 13.4. The summed E-state index contributed by atoms with van der Waals surface area (Å²) in [6.45, 7) is 9.18. The lowest BCUT2D eigenvalue weighted by Gasteiger charge is -2.15. The first-order chi connectivity index (χ1) is 8.88. The standard InChI is InChI=1S/C16H20FNS/c1-11-13(17)6-5-7-14(11)18-10-12-8-9-15(19-12)16(2,3)4/h5-9,18H,10H2,1-4H3. The molecule has 0 fully saturated rings. The van der Waals surface area contributed by atoms with Crippen LogP contribution in [0, 0.1) is 12.7 Å². The second-order valence-electron chi connectivity index (χ2n) is 5.78. The highest BCUT2D eigenvalue weighted by atomic mass is 32.1. The SMILES string of the molecule is Cc1c(F)cccc1NCc1ccc(C(C)(C)C)s1. The van der Waals surface area contributed by atoms with Crippen LogP contribution in [0.4, 0.5) is 10.1 Å². The molecule has 2 aromatic rings. The average molecular weight is 277 g/mol. The Morgan fingerprint density at radius 2 is 1.89 bits per heavy atom. The normalized spacial score (nSPS) is 11.6. The highest BCUT2D eigenvalue weighted by Gasteiger charge is 2.15. The minimum absolute atomic E-state index is 0.161. The van der Waals surface area contributed by atoms with Crippen LogP contribution >= 0.6 is 11.3 Å². The van der Waals surface area contributed by atoms with Crippen LogP contribution in [0.2, 0.25) is 0 Å². The maximum Gasteiger partial charge on any atom is 0.128 e. The third-order valence-electron chi connectivity index (χ3n) is 3.12. The lowest BCUT2D eigenvalue weighted by Crippen LogP contribution is -2.07. The van der Waals surface area contributed by atoms with Crippen molar-refractivity contribution in [2.24, 2.45) is 0 Å². The molecule has 1 heterocycles. The van der Waals surface area contributed by atoms with Gasteiger partial charge < -0.3 is 5.32 Å². The van der Waals surface area contributed by atoms with Crippen molar-refractivity contribution >= 4 is 17.0 Å². The third-order valence-corrected chi connectivity index (χ3v) is 4.63. The van der Waals surface area contributed by atoms with Crippen LogP contribution in [0.3, 0.4) is 0 Å². The van der Waals surface area contributed by atoms with Gasteiger partial charge >= 0.3 is 0 Å². The van der Waals surface area contributed by atoms with Crippen LogP contribution in [-0.4, -0.2) is 0 Å². The summed E-state index contributed by atoms with van der Waals surface area (Å²) >= 11 is 1.81. The molecule has 3 heteroatoms. The number of thiophene rings is 1. The fourth-order valence-electron chi connectivity index (χ4n) is 1.86. The molecule has 19 heavy (non-hydrogen) atoms. The van der Waals surface area contributed by atoms with Gasteiger partial charge in [0.2, 0.25) is 0 Å². The first-order valence-corrected chi connectivity index (χ1v) is 7.28.